The molecule has 154 valence electrons. The second-order valence-electron chi connectivity index (χ2n) is 6.65. The molecule has 0 spiro atoms. The van der Waals surface area contributed by atoms with Crippen molar-refractivity contribution in [3.8, 4) is 28.2 Å². The summed E-state index contributed by atoms with van der Waals surface area (Å²) in [5.41, 5.74) is -1.74. The minimum atomic E-state index is -1.60. The molecule has 0 unspecified atom stereocenters. The zero-order valence-electron chi connectivity index (χ0n) is 15.4. The molecular formula is C22H11O9-. The van der Waals surface area contributed by atoms with Crippen LogP contribution in [0.25, 0.3) is 33.4 Å². The number of carbonyl (C=O) groups is 3. The molecule has 31 heavy (non-hydrogen) atoms. The second-order valence-corrected chi connectivity index (χ2v) is 6.65. The normalized spacial score (nSPS) is 11.0. The van der Waals surface area contributed by atoms with Gasteiger partial charge in [0.2, 0.25) is 0 Å². The van der Waals surface area contributed by atoms with Crippen LogP contribution in [-0.2, 0) is 0 Å². The fraction of sp³-hybridized carbons (Fsp3) is 0. The molecule has 0 aromatic heterocycles. The van der Waals surface area contributed by atoms with Crippen molar-refractivity contribution in [3.05, 3.63) is 75.4 Å². The molecule has 4 rings (SSSR count). The molecule has 2 aliphatic rings. The third kappa shape index (κ3) is 3.23. The summed E-state index contributed by atoms with van der Waals surface area (Å²) in [6.07, 6.45) is 0. The molecule has 1 aliphatic heterocycles. The van der Waals surface area contributed by atoms with Gasteiger partial charge < -0.3 is 24.8 Å². The van der Waals surface area contributed by atoms with E-state index in [1.165, 1.54) is 24.3 Å². The quantitative estimate of drug-likeness (QED) is 0.422. The SMILES string of the molecule is O=C(O)c1cc(C(=O)O)c(-c2c3ccc(=O)cc-3oc3cc([O-])ccc23)cc1C(=O)O. The highest BCUT2D eigenvalue weighted by Gasteiger charge is 2.26. The van der Waals surface area contributed by atoms with E-state index in [4.69, 9.17) is 4.42 Å². The van der Waals surface area contributed by atoms with E-state index < -0.39 is 45.8 Å². The van der Waals surface area contributed by atoms with Crippen molar-refractivity contribution < 1.29 is 39.2 Å². The average Bonchev–Trinajstić information content (AvgIpc) is 2.70. The summed E-state index contributed by atoms with van der Waals surface area (Å²) in [5.74, 6) is -5.00. The number of carboxylic acids is 3. The molecule has 9 nitrogen and oxygen atoms in total. The fourth-order valence-corrected chi connectivity index (χ4v) is 3.48. The van der Waals surface area contributed by atoms with Gasteiger partial charge in [-0.1, -0.05) is 12.1 Å². The molecule has 0 radical (unpaired) electrons. The van der Waals surface area contributed by atoms with Gasteiger partial charge in [0, 0.05) is 22.6 Å². The van der Waals surface area contributed by atoms with E-state index in [1.807, 2.05) is 0 Å². The molecule has 1 aliphatic carbocycles. The highest BCUT2D eigenvalue weighted by molar-refractivity contribution is 6.11. The maximum absolute atomic E-state index is 12.0. The van der Waals surface area contributed by atoms with Gasteiger partial charge in [0.05, 0.1) is 16.7 Å². The van der Waals surface area contributed by atoms with Crippen LogP contribution in [0.2, 0.25) is 0 Å². The first-order valence-corrected chi connectivity index (χ1v) is 8.73. The van der Waals surface area contributed by atoms with Crippen LogP contribution < -0.4 is 10.5 Å². The third-order valence-electron chi connectivity index (χ3n) is 4.78. The molecule has 2 aromatic rings. The first-order chi connectivity index (χ1) is 14.7. The predicted molar refractivity (Wildman–Crippen MR) is 105 cm³/mol. The number of rotatable bonds is 4. The van der Waals surface area contributed by atoms with Crippen molar-refractivity contribution in [2.75, 3.05) is 0 Å². The van der Waals surface area contributed by atoms with Crippen molar-refractivity contribution in [1.29, 1.82) is 0 Å². The van der Waals surface area contributed by atoms with Crippen molar-refractivity contribution in [1.82, 2.24) is 0 Å². The Morgan fingerprint density at radius 3 is 2.03 bits per heavy atom. The second kappa shape index (κ2) is 6.99. The van der Waals surface area contributed by atoms with Gasteiger partial charge >= 0.3 is 17.9 Å². The molecule has 3 N–H and O–H groups in total. The summed E-state index contributed by atoms with van der Waals surface area (Å²) >= 11 is 0. The fourth-order valence-electron chi connectivity index (χ4n) is 3.48. The van der Waals surface area contributed by atoms with E-state index in [-0.39, 0.29) is 33.4 Å². The molecule has 2 aromatic carbocycles. The number of hydrogen-bond donors (Lipinski definition) is 3. The first-order valence-electron chi connectivity index (χ1n) is 8.73. The van der Waals surface area contributed by atoms with Crippen LogP contribution >= 0.6 is 0 Å². The van der Waals surface area contributed by atoms with Gasteiger partial charge in [-0.2, -0.15) is 0 Å². The monoisotopic (exact) mass is 419 g/mol. The van der Waals surface area contributed by atoms with Crippen molar-refractivity contribution >= 4 is 28.9 Å². The standard InChI is InChI=1S/C22H12O9/c23-9-1-3-11-17(5-9)31-18-6-10(24)2-4-12(18)19(11)13-7-15(21(27)28)16(22(29)30)8-14(13)20(25)26/h1-8,23H,(H,25,26)(H,27,28)(H,29,30)/p-1. The summed E-state index contributed by atoms with van der Waals surface area (Å²) in [4.78, 5) is 47.0. The van der Waals surface area contributed by atoms with Gasteiger partial charge in [-0.3, -0.25) is 4.79 Å². The molecule has 0 amide bonds. The highest BCUT2D eigenvalue weighted by atomic mass is 16.4. The smallest absolute Gasteiger partial charge is 0.336 e. The van der Waals surface area contributed by atoms with Crippen LogP contribution in [-0.4, -0.2) is 33.2 Å². The Kier molecular flexibility index (Phi) is 4.43. The van der Waals surface area contributed by atoms with Gasteiger partial charge in [-0.25, -0.2) is 14.4 Å². The van der Waals surface area contributed by atoms with Crippen LogP contribution in [0.15, 0.2) is 57.7 Å². The number of fused-ring (bicyclic) bond motifs is 2. The van der Waals surface area contributed by atoms with Crippen LogP contribution in [0.4, 0.5) is 0 Å². The molecule has 0 atom stereocenters. The Balaban J connectivity index is 2.24. The molecule has 0 bridgehead atoms. The van der Waals surface area contributed by atoms with E-state index in [2.05, 4.69) is 0 Å². The Bertz CT molecular complexity index is 1450. The minimum absolute atomic E-state index is 0.0520. The van der Waals surface area contributed by atoms with Gasteiger partial charge in [0.25, 0.3) is 0 Å². The Hall–Kier alpha value is -4.66. The van der Waals surface area contributed by atoms with Gasteiger partial charge in [-0.15, -0.1) is 5.75 Å². The van der Waals surface area contributed by atoms with Gasteiger partial charge in [0.1, 0.15) is 11.3 Å². The largest absolute Gasteiger partial charge is 0.872 e. The molecule has 0 saturated carbocycles. The lowest BCUT2D eigenvalue weighted by Gasteiger charge is -2.18. The lowest BCUT2D eigenvalue weighted by atomic mass is 9.88. The van der Waals surface area contributed by atoms with E-state index in [1.54, 1.807) is 0 Å². The van der Waals surface area contributed by atoms with Crippen LogP contribution in [0.1, 0.15) is 31.1 Å². The summed E-state index contributed by atoms with van der Waals surface area (Å²) in [6, 6.07) is 9.25. The maximum Gasteiger partial charge on any atom is 0.336 e. The summed E-state index contributed by atoms with van der Waals surface area (Å²) in [6.45, 7) is 0. The van der Waals surface area contributed by atoms with Crippen LogP contribution in [0.5, 0.6) is 5.75 Å². The Morgan fingerprint density at radius 1 is 0.742 bits per heavy atom. The molecule has 1 heterocycles. The molecule has 9 heteroatoms. The number of carboxylic acid groups (broad SMARTS) is 3. The van der Waals surface area contributed by atoms with Crippen LogP contribution in [0.3, 0.4) is 0 Å². The summed E-state index contributed by atoms with van der Waals surface area (Å²) in [5, 5.41) is 40.7. The predicted octanol–water partition coefficient (Wildman–Crippen LogP) is 2.73. The van der Waals surface area contributed by atoms with E-state index >= 15 is 0 Å². The minimum Gasteiger partial charge on any atom is -0.872 e. The zero-order valence-corrected chi connectivity index (χ0v) is 15.4. The van der Waals surface area contributed by atoms with Crippen molar-refractivity contribution in [3.63, 3.8) is 0 Å². The first kappa shape index (κ1) is 19.6. The molecule has 0 saturated heterocycles. The average molecular weight is 419 g/mol. The van der Waals surface area contributed by atoms with Gasteiger partial charge in [-0.05, 0) is 35.9 Å². The summed E-state index contributed by atoms with van der Waals surface area (Å²) < 4.78 is 5.65. The zero-order chi connectivity index (χ0) is 22.4. The maximum atomic E-state index is 12.0. The van der Waals surface area contributed by atoms with E-state index in [0.717, 1.165) is 24.3 Å². The lowest BCUT2D eigenvalue weighted by molar-refractivity contribution is -0.268. The lowest BCUT2D eigenvalue weighted by Crippen LogP contribution is -2.12. The number of hydrogen-bond acceptors (Lipinski definition) is 6. The molecular weight excluding hydrogens is 408 g/mol. The highest BCUT2D eigenvalue weighted by Crippen LogP contribution is 2.42. The van der Waals surface area contributed by atoms with E-state index in [0.29, 0.717) is 0 Å². The number of benzene rings is 3. The number of aromatic carboxylic acids is 3. The van der Waals surface area contributed by atoms with E-state index in [9.17, 15) is 39.6 Å². The van der Waals surface area contributed by atoms with Crippen LogP contribution in [0, 0.1) is 0 Å². The third-order valence-corrected chi connectivity index (χ3v) is 4.78. The van der Waals surface area contributed by atoms with Crippen molar-refractivity contribution in [2.24, 2.45) is 0 Å². The topological polar surface area (TPSA) is 165 Å². The van der Waals surface area contributed by atoms with Crippen molar-refractivity contribution in [2.45, 2.75) is 0 Å². The van der Waals surface area contributed by atoms with Gasteiger partial charge in [0.15, 0.2) is 5.43 Å². The Labute approximate surface area is 172 Å². The molecule has 0 fully saturated rings. The Morgan fingerprint density at radius 2 is 1.39 bits per heavy atom. The summed E-state index contributed by atoms with van der Waals surface area (Å²) in [7, 11) is 0.